The molecule has 1 fully saturated rings. The number of aromatic nitrogens is 7. The molecule has 2 aliphatic rings. The van der Waals surface area contributed by atoms with Crippen molar-refractivity contribution in [3.63, 3.8) is 0 Å². The van der Waals surface area contributed by atoms with Gasteiger partial charge in [0.2, 0.25) is 11.7 Å². The highest BCUT2D eigenvalue weighted by Crippen LogP contribution is 2.34. The first-order valence-electron chi connectivity index (χ1n) is 16.0. The van der Waals surface area contributed by atoms with E-state index in [1.54, 1.807) is 10.6 Å². The lowest BCUT2D eigenvalue weighted by Gasteiger charge is -2.36. The molecule has 15 nitrogen and oxygen atoms in total. The van der Waals surface area contributed by atoms with Crippen molar-refractivity contribution in [2.75, 3.05) is 49.6 Å². The molecule has 0 radical (unpaired) electrons. The van der Waals surface area contributed by atoms with Crippen LogP contribution in [0.5, 0.6) is 5.75 Å². The number of nitrogens with one attached hydrogen (secondary N) is 1. The predicted octanol–water partition coefficient (Wildman–Crippen LogP) is 3.28. The van der Waals surface area contributed by atoms with Crippen molar-refractivity contribution in [3.8, 4) is 5.75 Å². The number of piperazine rings is 1. The second-order valence-electron chi connectivity index (χ2n) is 11.9. The highest BCUT2D eigenvalue weighted by atomic mass is 35.5. The lowest BCUT2D eigenvalue weighted by Crippen LogP contribution is -2.51. The summed E-state index contributed by atoms with van der Waals surface area (Å²) in [6.45, 7) is 3.07. The molecule has 4 aromatic heterocycles. The fraction of sp³-hybridized carbons (Fsp3) is 0.344. The Morgan fingerprint density at radius 1 is 1.14 bits per heavy atom. The first kappa shape index (κ1) is 34.0. The molecule has 5 aromatic rings. The van der Waals surface area contributed by atoms with Crippen LogP contribution < -0.4 is 15.8 Å². The van der Waals surface area contributed by atoms with E-state index in [2.05, 4.69) is 25.5 Å². The smallest absolute Gasteiger partial charge is 0.416 e. The van der Waals surface area contributed by atoms with Gasteiger partial charge in [-0.05, 0) is 42.7 Å². The number of halogens is 4. The van der Waals surface area contributed by atoms with Crippen LogP contribution in [0, 0.1) is 0 Å². The first-order valence-corrected chi connectivity index (χ1v) is 16.3. The number of carbonyl (C=O) groups excluding carboxylic acids is 2. The monoisotopic (exact) mass is 726 g/mol. The summed E-state index contributed by atoms with van der Waals surface area (Å²) < 4.78 is 49.0. The molecular weight excluding hydrogens is 697 g/mol. The van der Waals surface area contributed by atoms with E-state index in [9.17, 15) is 32.7 Å². The van der Waals surface area contributed by atoms with Gasteiger partial charge in [-0.1, -0.05) is 24.6 Å². The largest absolute Gasteiger partial charge is 0.504 e. The molecular formula is C32H30ClF3N10O5. The number of aromatic hydroxyl groups is 1. The molecule has 2 aliphatic heterocycles. The summed E-state index contributed by atoms with van der Waals surface area (Å²) in [6.07, 6.45) is 0.828. The Balaban J connectivity index is 1.21. The van der Waals surface area contributed by atoms with Crippen LogP contribution in [0.1, 0.15) is 40.9 Å². The number of amides is 2. The van der Waals surface area contributed by atoms with Gasteiger partial charge in [0.05, 0.1) is 41.4 Å². The zero-order valence-corrected chi connectivity index (χ0v) is 27.8. The topological polar surface area (TPSA) is 164 Å². The minimum Gasteiger partial charge on any atom is -0.504 e. The van der Waals surface area contributed by atoms with Gasteiger partial charge in [-0.15, -0.1) is 5.10 Å². The van der Waals surface area contributed by atoms with Gasteiger partial charge < -0.3 is 29.5 Å². The van der Waals surface area contributed by atoms with Gasteiger partial charge in [-0.25, -0.2) is 9.50 Å². The Labute approximate surface area is 291 Å². The lowest BCUT2D eigenvalue weighted by molar-refractivity contribution is -0.137. The van der Waals surface area contributed by atoms with E-state index < -0.39 is 29.1 Å². The average Bonchev–Trinajstić information content (AvgIpc) is 3.79. The number of hydrogen-bond donors (Lipinski definition) is 2. The molecule has 7 rings (SSSR count). The Bertz CT molecular complexity index is 2270. The van der Waals surface area contributed by atoms with Crippen molar-refractivity contribution in [1.82, 2.24) is 38.7 Å². The number of ether oxygens (including phenoxy) is 1. The highest BCUT2D eigenvalue weighted by molar-refractivity contribution is 6.33. The molecule has 0 spiro atoms. The molecule has 0 unspecified atom stereocenters. The minimum absolute atomic E-state index is 0.0202. The van der Waals surface area contributed by atoms with Crippen molar-refractivity contribution in [3.05, 3.63) is 81.0 Å². The van der Waals surface area contributed by atoms with Gasteiger partial charge in [0.15, 0.2) is 17.3 Å². The van der Waals surface area contributed by atoms with E-state index in [-0.39, 0.29) is 72.8 Å². The average molecular weight is 727 g/mol. The zero-order valence-electron chi connectivity index (χ0n) is 27.0. The summed E-state index contributed by atoms with van der Waals surface area (Å²) in [7, 11) is 0. The molecule has 6 heterocycles. The molecule has 0 aliphatic carbocycles. The van der Waals surface area contributed by atoms with Crippen LogP contribution in [-0.2, 0) is 28.7 Å². The molecule has 51 heavy (non-hydrogen) atoms. The molecule has 0 saturated carbocycles. The van der Waals surface area contributed by atoms with Crippen molar-refractivity contribution in [1.29, 1.82) is 0 Å². The van der Waals surface area contributed by atoms with Gasteiger partial charge in [0.1, 0.15) is 24.1 Å². The van der Waals surface area contributed by atoms with E-state index in [1.165, 1.54) is 21.9 Å². The Kier molecular flexibility index (Phi) is 8.88. The number of carbonyl (C=O) groups is 2. The minimum atomic E-state index is -4.61. The van der Waals surface area contributed by atoms with Crippen LogP contribution in [-0.4, -0.2) is 95.0 Å². The molecule has 0 bridgehead atoms. The third kappa shape index (κ3) is 6.35. The summed E-state index contributed by atoms with van der Waals surface area (Å²) >= 11 is 6.11. The Morgan fingerprint density at radius 2 is 1.92 bits per heavy atom. The number of alkyl halides is 3. The maximum atomic E-state index is 14.2. The second-order valence-corrected chi connectivity index (χ2v) is 12.3. The third-order valence-electron chi connectivity index (χ3n) is 8.80. The lowest BCUT2D eigenvalue weighted by atomic mass is 10.1. The molecule has 2 amide bonds. The van der Waals surface area contributed by atoms with E-state index in [1.807, 2.05) is 17.9 Å². The number of rotatable bonds is 7. The number of hydrogen-bond acceptors (Lipinski definition) is 10. The molecule has 1 aromatic carbocycles. The highest BCUT2D eigenvalue weighted by Gasteiger charge is 2.32. The van der Waals surface area contributed by atoms with Crippen molar-refractivity contribution in [2.24, 2.45) is 0 Å². The van der Waals surface area contributed by atoms with Gasteiger partial charge in [0, 0.05) is 26.2 Å². The molecule has 1 saturated heterocycles. The first-order chi connectivity index (χ1) is 24.4. The molecule has 2 N–H and O–H groups in total. The van der Waals surface area contributed by atoms with Crippen LogP contribution in [0.3, 0.4) is 0 Å². The van der Waals surface area contributed by atoms with E-state index in [4.69, 9.17) is 16.3 Å². The normalized spacial score (nSPS) is 15.4. The maximum absolute atomic E-state index is 14.2. The quantitative estimate of drug-likeness (QED) is 0.254. The van der Waals surface area contributed by atoms with Gasteiger partial charge >= 0.3 is 6.18 Å². The molecule has 266 valence electrons. The summed E-state index contributed by atoms with van der Waals surface area (Å²) in [6, 6.07) is 4.19. The van der Waals surface area contributed by atoms with E-state index >= 15 is 0 Å². The van der Waals surface area contributed by atoms with Crippen molar-refractivity contribution >= 4 is 51.7 Å². The summed E-state index contributed by atoms with van der Waals surface area (Å²) in [4.78, 5) is 53.2. The van der Waals surface area contributed by atoms with Crippen LogP contribution in [0.2, 0.25) is 5.02 Å². The fourth-order valence-corrected chi connectivity index (χ4v) is 6.48. The Morgan fingerprint density at radius 3 is 2.61 bits per heavy atom. The van der Waals surface area contributed by atoms with Crippen LogP contribution in [0.15, 0.2) is 47.7 Å². The number of nitrogens with zero attached hydrogens (tertiary/aromatic N) is 9. The standard InChI is InChI=1S/C32H30ClF3N10O5/c1-2-22-26(42-9-11-43(12-10-42)29(49)25-27(48)23-5-8-38-45(23)17-37-25)30(50)46-31(40-28(41-46)18-6-13-51-14-7-18)44(22)16-24(47)39-21-4-3-19(15-20(21)33)32(34,35)36/h3-6,8,15,17,48H,2,7,9-14,16H2,1H3,(H,39,47). The van der Waals surface area contributed by atoms with Crippen LogP contribution in [0.4, 0.5) is 24.5 Å². The number of fused-ring (bicyclic) bond motifs is 2. The number of anilines is 2. The van der Waals surface area contributed by atoms with Crippen LogP contribution >= 0.6 is 11.6 Å². The summed E-state index contributed by atoms with van der Waals surface area (Å²) in [5.41, 5.74) is 0.262. The maximum Gasteiger partial charge on any atom is 0.416 e. The fourth-order valence-electron chi connectivity index (χ4n) is 6.25. The van der Waals surface area contributed by atoms with Gasteiger partial charge in [-0.3, -0.25) is 14.4 Å². The second kappa shape index (κ2) is 13.3. The SMILES string of the molecule is CCc1c(N2CCN(C(=O)c3ncn4nccc4c3O)CC2)c(=O)n2nc(C3=CCOCC3)nc2n1CC(=O)Nc1ccc(C(F)(F)F)cc1Cl. The predicted molar refractivity (Wildman–Crippen MR) is 178 cm³/mol. The zero-order chi connectivity index (χ0) is 36.0. The van der Waals surface area contributed by atoms with Crippen molar-refractivity contribution in [2.45, 2.75) is 32.5 Å². The van der Waals surface area contributed by atoms with Gasteiger partial charge in [0.25, 0.3) is 11.5 Å². The third-order valence-corrected chi connectivity index (χ3v) is 9.12. The van der Waals surface area contributed by atoms with Crippen molar-refractivity contribution < 1.29 is 32.6 Å². The number of benzene rings is 1. The van der Waals surface area contributed by atoms with Crippen LogP contribution in [0.25, 0.3) is 16.9 Å². The molecule has 0 atom stereocenters. The molecule has 19 heteroatoms. The summed E-state index contributed by atoms with van der Waals surface area (Å²) in [5.74, 6) is -1.00. The van der Waals surface area contributed by atoms with E-state index in [0.29, 0.717) is 36.7 Å². The Hall–Kier alpha value is -5.49. The van der Waals surface area contributed by atoms with E-state index in [0.717, 1.165) is 28.3 Å². The van der Waals surface area contributed by atoms with Gasteiger partial charge in [-0.2, -0.15) is 27.8 Å². The summed E-state index contributed by atoms with van der Waals surface area (Å²) in [5, 5.41) is 21.5.